The van der Waals surface area contributed by atoms with Crippen molar-refractivity contribution in [1.82, 2.24) is 0 Å². The first-order valence-electron chi connectivity index (χ1n) is 5.08. The van der Waals surface area contributed by atoms with E-state index in [1.165, 1.54) is 0 Å². The van der Waals surface area contributed by atoms with Crippen LogP contribution >= 0.6 is 0 Å². The van der Waals surface area contributed by atoms with Gasteiger partial charge in [-0.3, -0.25) is 0 Å². The molecule has 0 fully saturated rings. The van der Waals surface area contributed by atoms with Gasteiger partial charge in [-0.1, -0.05) is 12.2 Å². The van der Waals surface area contributed by atoms with Crippen molar-refractivity contribution in [2.24, 2.45) is 0 Å². The van der Waals surface area contributed by atoms with Crippen LogP contribution in [0.25, 0.3) is 0 Å². The molecule has 2 N–H and O–H groups in total. The fourth-order valence-corrected chi connectivity index (χ4v) is 1.61. The molecule has 0 saturated carbocycles. The lowest BCUT2D eigenvalue weighted by Crippen LogP contribution is -2.27. The minimum atomic E-state index is -0.809. The summed E-state index contributed by atoms with van der Waals surface area (Å²) in [5.74, 6) is 0. The summed E-state index contributed by atoms with van der Waals surface area (Å²) >= 11 is 0. The maximum Gasteiger partial charge on any atom is 0.0837 e. The highest BCUT2D eigenvalue weighted by atomic mass is 16.3. The second-order valence-electron chi connectivity index (χ2n) is 4.99. The maximum atomic E-state index is 9.85. The van der Waals surface area contributed by atoms with E-state index in [1.54, 1.807) is 27.7 Å². The third-order valence-corrected chi connectivity index (χ3v) is 2.60. The Morgan fingerprint density at radius 2 is 1.64 bits per heavy atom. The number of hydrogen-bond donors (Lipinski definition) is 2. The Morgan fingerprint density at radius 3 is 2.07 bits per heavy atom. The summed E-state index contributed by atoms with van der Waals surface area (Å²) < 4.78 is 0. The zero-order chi connectivity index (χ0) is 11.0. The summed E-state index contributed by atoms with van der Waals surface area (Å²) in [5, 5.41) is 19.7. The second kappa shape index (κ2) is 3.52. The molecular weight excluding hydrogens is 176 g/mol. The predicted molar refractivity (Wildman–Crippen MR) is 58.0 cm³/mol. The molecule has 0 heterocycles. The third-order valence-electron chi connectivity index (χ3n) is 2.60. The fraction of sp³-hybridized carbons (Fsp3) is 0.667. The van der Waals surface area contributed by atoms with Crippen molar-refractivity contribution in [3.63, 3.8) is 0 Å². The zero-order valence-electron chi connectivity index (χ0n) is 9.46. The molecule has 0 aromatic rings. The lowest BCUT2D eigenvalue weighted by molar-refractivity contribution is 0.110. The van der Waals surface area contributed by atoms with E-state index < -0.39 is 11.2 Å². The molecule has 1 aliphatic carbocycles. The Morgan fingerprint density at radius 1 is 1.07 bits per heavy atom. The Labute approximate surface area is 86.0 Å². The molecule has 0 aromatic carbocycles. The molecule has 1 rings (SSSR count). The van der Waals surface area contributed by atoms with Gasteiger partial charge in [-0.15, -0.1) is 0 Å². The van der Waals surface area contributed by atoms with Crippen molar-refractivity contribution in [3.05, 3.63) is 23.3 Å². The summed E-state index contributed by atoms with van der Waals surface area (Å²) in [5.41, 5.74) is 0.319. The highest BCUT2D eigenvalue weighted by molar-refractivity contribution is 5.36. The lowest BCUT2D eigenvalue weighted by atomic mass is 9.84. The highest BCUT2D eigenvalue weighted by Crippen LogP contribution is 2.30. The minimum Gasteiger partial charge on any atom is -0.386 e. The van der Waals surface area contributed by atoms with Crippen LogP contribution in [0.15, 0.2) is 23.3 Å². The SMILES string of the molecule is CC(C)(O)C1=CCCC(C(C)(C)O)=C1. The molecule has 0 amide bonds. The van der Waals surface area contributed by atoms with E-state index in [4.69, 9.17) is 0 Å². The summed E-state index contributed by atoms with van der Waals surface area (Å²) in [7, 11) is 0. The van der Waals surface area contributed by atoms with E-state index in [-0.39, 0.29) is 0 Å². The monoisotopic (exact) mass is 196 g/mol. The van der Waals surface area contributed by atoms with Crippen molar-refractivity contribution in [3.8, 4) is 0 Å². The van der Waals surface area contributed by atoms with Gasteiger partial charge in [-0.05, 0) is 51.7 Å². The van der Waals surface area contributed by atoms with E-state index >= 15 is 0 Å². The van der Waals surface area contributed by atoms with Crippen molar-refractivity contribution in [1.29, 1.82) is 0 Å². The number of allylic oxidation sites excluding steroid dienone is 1. The van der Waals surface area contributed by atoms with Crippen LogP contribution < -0.4 is 0 Å². The van der Waals surface area contributed by atoms with Gasteiger partial charge >= 0.3 is 0 Å². The average molecular weight is 196 g/mol. The van der Waals surface area contributed by atoms with E-state index in [0.717, 1.165) is 24.0 Å². The standard InChI is InChI=1S/C12H20O2/c1-11(2,13)9-6-5-7-10(8-9)12(3,4)14/h6,8,13-14H,5,7H2,1-4H3. The summed E-state index contributed by atoms with van der Waals surface area (Å²) in [6, 6.07) is 0. The highest BCUT2D eigenvalue weighted by Gasteiger charge is 2.25. The molecule has 0 atom stereocenters. The molecule has 0 spiro atoms. The smallest absolute Gasteiger partial charge is 0.0837 e. The molecule has 0 bridgehead atoms. The Kier molecular flexibility index (Phi) is 2.88. The fourth-order valence-electron chi connectivity index (χ4n) is 1.61. The van der Waals surface area contributed by atoms with Gasteiger partial charge in [-0.2, -0.15) is 0 Å². The summed E-state index contributed by atoms with van der Waals surface area (Å²) in [6.45, 7) is 7.10. The first kappa shape index (κ1) is 11.5. The van der Waals surface area contributed by atoms with Gasteiger partial charge in [-0.25, -0.2) is 0 Å². The van der Waals surface area contributed by atoms with Gasteiger partial charge in [0.15, 0.2) is 0 Å². The minimum absolute atomic E-state index is 0.773. The van der Waals surface area contributed by atoms with Crippen LogP contribution in [0.3, 0.4) is 0 Å². The van der Waals surface area contributed by atoms with Gasteiger partial charge < -0.3 is 10.2 Å². The first-order chi connectivity index (χ1) is 6.21. The zero-order valence-corrected chi connectivity index (χ0v) is 9.46. The van der Waals surface area contributed by atoms with Crippen molar-refractivity contribution in [2.75, 3.05) is 0 Å². The molecule has 2 nitrogen and oxygen atoms in total. The average Bonchev–Trinajstić information content (AvgIpc) is 2.01. The molecule has 1 aliphatic rings. The topological polar surface area (TPSA) is 40.5 Å². The first-order valence-corrected chi connectivity index (χ1v) is 5.08. The van der Waals surface area contributed by atoms with Crippen molar-refractivity contribution < 1.29 is 10.2 Å². The quantitative estimate of drug-likeness (QED) is 0.710. The molecular formula is C12H20O2. The van der Waals surface area contributed by atoms with Gasteiger partial charge in [0.1, 0.15) is 0 Å². The molecule has 0 saturated heterocycles. The van der Waals surface area contributed by atoms with Gasteiger partial charge in [0.2, 0.25) is 0 Å². The molecule has 0 radical (unpaired) electrons. The van der Waals surface area contributed by atoms with Gasteiger partial charge in [0.25, 0.3) is 0 Å². The Bertz CT molecular complexity index is 272. The van der Waals surface area contributed by atoms with E-state index in [1.807, 2.05) is 12.2 Å². The predicted octanol–water partition coefficient (Wildman–Crippen LogP) is 2.17. The van der Waals surface area contributed by atoms with Gasteiger partial charge in [0.05, 0.1) is 11.2 Å². The molecule has 14 heavy (non-hydrogen) atoms. The van der Waals surface area contributed by atoms with E-state index in [0.29, 0.717) is 0 Å². The van der Waals surface area contributed by atoms with Crippen LogP contribution in [0, 0.1) is 0 Å². The van der Waals surface area contributed by atoms with Gasteiger partial charge in [0, 0.05) is 0 Å². The summed E-state index contributed by atoms with van der Waals surface area (Å²) in [4.78, 5) is 0. The van der Waals surface area contributed by atoms with Crippen molar-refractivity contribution >= 4 is 0 Å². The molecule has 0 aliphatic heterocycles. The second-order valence-corrected chi connectivity index (χ2v) is 4.99. The van der Waals surface area contributed by atoms with Crippen LogP contribution in [0.2, 0.25) is 0 Å². The number of aliphatic hydroxyl groups is 2. The van der Waals surface area contributed by atoms with Crippen LogP contribution in [-0.4, -0.2) is 21.4 Å². The Hall–Kier alpha value is -0.600. The maximum absolute atomic E-state index is 9.85. The van der Waals surface area contributed by atoms with Crippen molar-refractivity contribution in [2.45, 2.75) is 51.7 Å². The number of rotatable bonds is 2. The molecule has 80 valence electrons. The normalized spacial score (nSPS) is 19.0. The van der Waals surface area contributed by atoms with Crippen LogP contribution in [-0.2, 0) is 0 Å². The third kappa shape index (κ3) is 2.69. The van der Waals surface area contributed by atoms with Crippen LogP contribution in [0.5, 0.6) is 0 Å². The molecule has 0 aromatic heterocycles. The Balaban J connectivity index is 2.95. The molecule has 0 unspecified atom stereocenters. The van der Waals surface area contributed by atoms with Crippen LogP contribution in [0.4, 0.5) is 0 Å². The van der Waals surface area contributed by atoms with E-state index in [2.05, 4.69) is 0 Å². The van der Waals surface area contributed by atoms with Crippen LogP contribution in [0.1, 0.15) is 40.5 Å². The van der Waals surface area contributed by atoms with E-state index in [9.17, 15) is 10.2 Å². The largest absolute Gasteiger partial charge is 0.386 e. The molecule has 2 heteroatoms. The summed E-state index contributed by atoms with van der Waals surface area (Å²) in [6.07, 6.45) is 5.73. The number of hydrogen-bond acceptors (Lipinski definition) is 2. The lowest BCUT2D eigenvalue weighted by Gasteiger charge is -2.28.